The van der Waals surface area contributed by atoms with Crippen molar-refractivity contribution in [1.29, 1.82) is 0 Å². The molecule has 0 saturated heterocycles. The van der Waals surface area contributed by atoms with Crippen molar-refractivity contribution in [2.24, 2.45) is 0 Å². The third-order valence-electron chi connectivity index (χ3n) is 2.65. The van der Waals surface area contributed by atoms with Gasteiger partial charge in [-0.3, -0.25) is 14.7 Å². The molecule has 2 aromatic rings. The second kappa shape index (κ2) is 6.60. The number of rotatable bonds is 6. The summed E-state index contributed by atoms with van der Waals surface area (Å²) in [5, 5.41) is 13.2. The predicted octanol–water partition coefficient (Wildman–Crippen LogP) is -0.256. The molecule has 2 aromatic heterocycles. The lowest BCUT2D eigenvalue weighted by Gasteiger charge is -2.06. The summed E-state index contributed by atoms with van der Waals surface area (Å²) in [7, 11) is 0. The highest BCUT2D eigenvalue weighted by molar-refractivity contribution is 5.91. The van der Waals surface area contributed by atoms with Crippen molar-refractivity contribution in [2.45, 2.75) is 26.3 Å². The van der Waals surface area contributed by atoms with E-state index in [0.29, 0.717) is 25.3 Å². The van der Waals surface area contributed by atoms with E-state index in [9.17, 15) is 9.59 Å². The van der Waals surface area contributed by atoms with Gasteiger partial charge in [0.05, 0.1) is 0 Å². The molecule has 0 aliphatic rings. The zero-order chi connectivity index (χ0) is 14.4. The van der Waals surface area contributed by atoms with Gasteiger partial charge in [0.15, 0.2) is 0 Å². The highest BCUT2D eigenvalue weighted by atomic mass is 16.2. The molecule has 0 bridgehead atoms. The lowest BCUT2D eigenvalue weighted by molar-refractivity contribution is 0.0946. The summed E-state index contributed by atoms with van der Waals surface area (Å²) >= 11 is 0. The Morgan fingerprint density at radius 2 is 2.30 bits per heavy atom. The number of nitrogens with one attached hydrogen (secondary N) is 2. The molecule has 1 amide bonds. The van der Waals surface area contributed by atoms with Crippen LogP contribution in [-0.4, -0.2) is 37.4 Å². The van der Waals surface area contributed by atoms with E-state index in [1.54, 1.807) is 0 Å². The average Bonchev–Trinajstić information content (AvgIpc) is 2.94. The van der Waals surface area contributed by atoms with Crippen LogP contribution in [-0.2, 0) is 13.0 Å². The zero-order valence-corrected chi connectivity index (χ0v) is 11.2. The number of aromatic amines is 1. The van der Waals surface area contributed by atoms with E-state index >= 15 is 0 Å². The van der Waals surface area contributed by atoms with Crippen molar-refractivity contribution in [3.8, 4) is 0 Å². The minimum absolute atomic E-state index is 0.204. The number of nitrogens with zero attached hydrogens (tertiary/aromatic N) is 4. The minimum Gasteiger partial charge on any atom is -0.350 e. The molecule has 0 radical (unpaired) electrons. The molecular formula is C12H16N6O2. The van der Waals surface area contributed by atoms with Gasteiger partial charge in [-0.15, -0.1) is 0 Å². The van der Waals surface area contributed by atoms with Crippen LogP contribution in [0.1, 0.15) is 29.7 Å². The maximum Gasteiger partial charge on any atom is 0.271 e. The second-order valence-electron chi connectivity index (χ2n) is 4.22. The van der Waals surface area contributed by atoms with E-state index in [4.69, 9.17) is 0 Å². The van der Waals surface area contributed by atoms with E-state index in [2.05, 4.69) is 25.6 Å². The minimum atomic E-state index is -0.311. The number of hydrogen-bond donors (Lipinski definition) is 2. The number of carbonyl (C=O) groups is 1. The van der Waals surface area contributed by atoms with Crippen molar-refractivity contribution < 1.29 is 4.79 Å². The summed E-state index contributed by atoms with van der Waals surface area (Å²) < 4.78 is 1.30. The smallest absolute Gasteiger partial charge is 0.271 e. The summed E-state index contributed by atoms with van der Waals surface area (Å²) in [5.41, 5.74) is 0.0284. The lowest BCUT2D eigenvalue weighted by atomic mass is 10.3. The molecule has 0 fully saturated rings. The van der Waals surface area contributed by atoms with Crippen LogP contribution in [0.2, 0.25) is 0 Å². The maximum absolute atomic E-state index is 11.9. The first-order chi connectivity index (χ1) is 9.70. The van der Waals surface area contributed by atoms with Crippen LogP contribution < -0.4 is 10.9 Å². The molecule has 0 atom stereocenters. The Bertz CT molecular complexity index is 619. The second-order valence-corrected chi connectivity index (χ2v) is 4.22. The number of hydrogen-bond acceptors (Lipinski definition) is 5. The van der Waals surface area contributed by atoms with Crippen molar-refractivity contribution in [1.82, 2.24) is 30.3 Å². The van der Waals surface area contributed by atoms with Crippen LogP contribution in [0, 0.1) is 0 Å². The van der Waals surface area contributed by atoms with E-state index in [0.717, 1.165) is 6.42 Å². The van der Waals surface area contributed by atoms with Crippen LogP contribution in [0.5, 0.6) is 0 Å². The molecule has 0 saturated carbocycles. The number of H-pyrrole nitrogens is 1. The van der Waals surface area contributed by atoms with E-state index in [1.165, 1.54) is 23.1 Å². The van der Waals surface area contributed by atoms with Crippen molar-refractivity contribution in [3.63, 3.8) is 0 Å². The monoisotopic (exact) mass is 276 g/mol. The standard InChI is InChI=1S/C12H16N6O2/c1-2-7-18-11(19)4-3-9(17-18)12(20)13-6-5-10-14-8-15-16-10/h3-4,8H,2,5-7H2,1H3,(H,13,20)(H,14,15,16). The van der Waals surface area contributed by atoms with E-state index in [-0.39, 0.29) is 17.2 Å². The van der Waals surface area contributed by atoms with Gasteiger partial charge in [-0.05, 0) is 12.5 Å². The maximum atomic E-state index is 11.9. The quantitative estimate of drug-likeness (QED) is 0.756. The topological polar surface area (TPSA) is 106 Å². The zero-order valence-electron chi connectivity index (χ0n) is 11.2. The SMILES string of the molecule is CCCn1nc(C(=O)NCCc2ncn[nH]2)ccc1=O. The third-order valence-corrected chi connectivity index (χ3v) is 2.65. The molecule has 0 spiro atoms. The fraction of sp³-hybridized carbons (Fsp3) is 0.417. The van der Waals surface area contributed by atoms with Gasteiger partial charge in [0.2, 0.25) is 0 Å². The highest BCUT2D eigenvalue weighted by Crippen LogP contribution is 1.93. The van der Waals surface area contributed by atoms with Crippen molar-refractivity contribution in [2.75, 3.05) is 6.54 Å². The third kappa shape index (κ3) is 3.50. The first kappa shape index (κ1) is 13.9. The Morgan fingerprint density at radius 3 is 3.00 bits per heavy atom. The van der Waals surface area contributed by atoms with Crippen LogP contribution in [0.15, 0.2) is 23.3 Å². The van der Waals surface area contributed by atoms with Gasteiger partial charge < -0.3 is 5.32 Å². The first-order valence-corrected chi connectivity index (χ1v) is 6.41. The predicted molar refractivity (Wildman–Crippen MR) is 71.2 cm³/mol. The Kier molecular flexibility index (Phi) is 4.59. The molecule has 0 aromatic carbocycles. The van der Waals surface area contributed by atoms with Crippen LogP contribution in [0.4, 0.5) is 0 Å². The highest BCUT2D eigenvalue weighted by Gasteiger charge is 2.09. The normalized spacial score (nSPS) is 10.4. The Balaban J connectivity index is 1.95. The van der Waals surface area contributed by atoms with E-state index in [1.807, 2.05) is 6.92 Å². The number of carbonyl (C=O) groups excluding carboxylic acids is 1. The molecule has 0 aliphatic carbocycles. The molecule has 2 rings (SSSR count). The Morgan fingerprint density at radius 1 is 1.45 bits per heavy atom. The summed E-state index contributed by atoms with van der Waals surface area (Å²) in [6, 6.07) is 2.78. The molecule has 2 heterocycles. The van der Waals surface area contributed by atoms with Gasteiger partial charge in [-0.25, -0.2) is 9.67 Å². The van der Waals surface area contributed by atoms with Gasteiger partial charge in [0.25, 0.3) is 11.5 Å². The van der Waals surface area contributed by atoms with Gasteiger partial charge in [-0.2, -0.15) is 10.2 Å². The van der Waals surface area contributed by atoms with Gasteiger partial charge in [0.1, 0.15) is 17.8 Å². The molecule has 0 unspecified atom stereocenters. The summed E-state index contributed by atoms with van der Waals surface area (Å²) in [6.45, 7) is 2.86. The molecule has 8 nitrogen and oxygen atoms in total. The Labute approximate surface area is 115 Å². The lowest BCUT2D eigenvalue weighted by Crippen LogP contribution is -2.30. The fourth-order valence-corrected chi connectivity index (χ4v) is 1.68. The van der Waals surface area contributed by atoms with E-state index < -0.39 is 0 Å². The first-order valence-electron chi connectivity index (χ1n) is 6.41. The fourth-order valence-electron chi connectivity index (χ4n) is 1.68. The van der Waals surface area contributed by atoms with Gasteiger partial charge in [0, 0.05) is 25.6 Å². The van der Waals surface area contributed by atoms with Crippen molar-refractivity contribution >= 4 is 5.91 Å². The largest absolute Gasteiger partial charge is 0.350 e. The summed E-state index contributed by atoms with van der Waals surface area (Å²) in [5.74, 6) is 0.392. The number of aryl methyl sites for hydroxylation is 1. The van der Waals surface area contributed by atoms with Crippen LogP contribution in [0.3, 0.4) is 0 Å². The van der Waals surface area contributed by atoms with Crippen LogP contribution >= 0.6 is 0 Å². The molecule has 106 valence electrons. The van der Waals surface area contributed by atoms with Crippen LogP contribution in [0.25, 0.3) is 0 Å². The summed E-state index contributed by atoms with van der Waals surface area (Å²) in [4.78, 5) is 27.4. The molecule has 20 heavy (non-hydrogen) atoms. The Hall–Kier alpha value is -2.51. The van der Waals surface area contributed by atoms with Crippen molar-refractivity contribution in [3.05, 3.63) is 40.3 Å². The van der Waals surface area contributed by atoms with Gasteiger partial charge in [-0.1, -0.05) is 6.92 Å². The molecular weight excluding hydrogens is 260 g/mol. The summed E-state index contributed by atoms with van der Waals surface area (Å²) in [6.07, 6.45) is 2.75. The number of aromatic nitrogens is 5. The molecule has 0 aliphatic heterocycles. The molecule has 2 N–H and O–H groups in total. The average molecular weight is 276 g/mol. The van der Waals surface area contributed by atoms with Gasteiger partial charge >= 0.3 is 0 Å². The number of amides is 1. The molecule has 8 heteroatoms.